The summed E-state index contributed by atoms with van der Waals surface area (Å²) in [5, 5.41) is 9.22. The van der Waals surface area contributed by atoms with Gasteiger partial charge in [-0.2, -0.15) is 0 Å². The lowest BCUT2D eigenvalue weighted by molar-refractivity contribution is 0.0999. The van der Waals surface area contributed by atoms with E-state index in [1.165, 1.54) is 6.07 Å². The van der Waals surface area contributed by atoms with E-state index in [0.29, 0.717) is 5.56 Å². The number of carbonyl (C=O) groups excluding carboxylic acids is 1. The van der Waals surface area contributed by atoms with Gasteiger partial charge in [0, 0.05) is 5.56 Å². The summed E-state index contributed by atoms with van der Waals surface area (Å²) in [5.41, 5.74) is 6.45. The number of phenols is 1. The van der Waals surface area contributed by atoms with Crippen molar-refractivity contribution in [3.8, 4) is 5.75 Å². The zero-order valence-electron chi connectivity index (χ0n) is 7.74. The Kier molecular flexibility index (Phi) is 2.56. The van der Waals surface area contributed by atoms with E-state index in [4.69, 9.17) is 5.73 Å². The quantitative estimate of drug-likeness (QED) is 0.724. The van der Waals surface area contributed by atoms with Crippen molar-refractivity contribution < 1.29 is 9.90 Å². The van der Waals surface area contributed by atoms with E-state index in [1.807, 2.05) is 13.8 Å². The number of primary amides is 1. The molecule has 1 rings (SSSR count). The van der Waals surface area contributed by atoms with Gasteiger partial charge in [0.05, 0.1) is 0 Å². The van der Waals surface area contributed by atoms with Crippen LogP contribution >= 0.6 is 0 Å². The first kappa shape index (κ1) is 9.58. The number of phenolic OH excluding ortho intramolecular Hbond substituents is 1. The molecule has 70 valence electrons. The minimum Gasteiger partial charge on any atom is -0.508 e. The highest BCUT2D eigenvalue weighted by molar-refractivity contribution is 5.94. The molecule has 0 saturated heterocycles. The van der Waals surface area contributed by atoms with Crippen LogP contribution in [0, 0.1) is 0 Å². The average molecular weight is 179 g/mol. The molecule has 0 bridgehead atoms. The van der Waals surface area contributed by atoms with E-state index < -0.39 is 5.91 Å². The second-order valence-electron chi connectivity index (χ2n) is 3.29. The monoisotopic (exact) mass is 179 g/mol. The highest BCUT2D eigenvalue weighted by Gasteiger charge is 2.11. The summed E-state index contributed by atoms with van der Waals surface area (Å²) in [4.78, 5) is 11.0. The molecule has 3 nitrogen and oxygen atoms in total. The van der Waals surface area contributed by atoms with Crippen molar-refractivity contribution in [3.63, 3.8) is 0 Å². The van der Waals surface area contributed by atoms with Crippen LogP contribution in [0.1, 0.15) is 35.7 Å². The van der Waals surface area contributed by atoms with Crippen LogP contribution in [0.3, 0.4) is 0 Å². The third-order valence-electron chi connectivity index (χ3n) is 1.92. The molecular formula is C10H13NO2. The molecule has 0 heterocycles. The van der Waals surface area contributed by atoms with Crippen LogP contribution in [-0.2, 0) is 0 Å². The van der Waals surface area contributed by atoms with Crippen LogP contribution in [0.2, 0.25) is 0 Å². The molecule has 0 fully saturated rings. The predicted octanol–water partition coefficient (Wildman–Crippen LogP) is 1.61. The highest BCUT2D eigenvalue weighted by atomic mass is 16.3. The van der Waals surface area contributed by atoms with Gasteiger partial charge in [-0.25, -0.2) is 0 Å². The number of amides is 1. The Balaban J connectivity index is 3.26. The summed E-state index contributed by atoms with van der Waals surface area (Å²) in [6.45, 7) is 3.89. The molecule has 0 saturated carbocycles. The molecule has 13 heavy (non-hydrogen) atoms. The minimum absolute atomic E-state index is 0.161. The molecule has 1 aromatic rings. The highest BCUT2D eigenvalue weighted by Crippen LogP contribution is 2.23. The smallest absolute Gasteiger partial charge is 0.248 e. The summed E-state index contributed by atoms with van der Waals surface area (Å²) in [6.07, 6.45) is 0. The molecule has 0 unspecified atom stereocenters. The zero-order valence-corrected chi connectivity index (χ0v) is 7.74. The van der Waals surface area contributed by atoms with Crippen LogP contribution < -0.4 is 5.73 Å². The summed E-state index contributed by atoms with van der Waals surface area (Å²) >= 11 is 0. The number of hydrogen-bond donors (Lipinski definition) is 2. The zero-order chi connectivity index (χ0) is 10.0. The van der Waals surface area contributed by atoms with E-state index in [1.54, 1.807) is 12.1 Å². The first-order valence-corrected chi connectivity index (χ1v) is 4.15. The average Bonchev–Trinajstić information content (AvgIpc) is 2.03. The first-order valence-electron chi connectivity index (χ1n) is 4.15. The predicted molar refractivity (Wildman–Crippen MR) is 50.7 cm³/mol. The van der Waals surface area contributed by atoms with Crippen molar-refractivity contribution in [2.45, 2.75) is 19.8 Å². The SMILES string of the molecule is CC(C)c1cc(O)ccc1C(N)=O. The van der Waals surface area contributed by atoms with E-state index >= 15 is 0 Å². The number of benzene rings is 1. The van der Waals surface area contributed by atoms with Crippen molar-refractivity contribution in [3.05, 3.63) is 29.3 Å². The standard InChI is InChI=1S/C10H13NO2/c1-6(2)9-5-7(12)3-4-8(9)10(11)13/h3-6,12H,1-2H3,(H2,11,13). The van der Waals surface area contributed by atoms with Crippen molar-refractivity contribution in [1.29, 1.82) is 0 Å². The number of rotatable bonds is 2. The van der Waals surface area contributed by atoms with Crippen LogP contribution in [0.25, 0.3) is 0 Å². The van der Waals surface area contributed by atoms with Gasteiger partial charge in [0.15, 0.2) is 0 Å². The molecule has 0 radical (unpaired) electrons. The normalized spacial score (nSPS) is 10.4. The fourth-order valence-electron chi connectivity index (χ4n) is 1.25. The molecule has 3 heteroatoms. The van der Waals surface area contributed by atoms with Gasteiger partial charge in [0.25, 0.3) is 0 Å². The number of aromatic hydroxyl groups is 1. The van der Waals surface area contributed by atoms with Gasteiger partial charge in [-0.15, -0.1) is 0 Å². The lowest BCUT2D eigenvalue weighted by Crippen LogP contribution is -2.14. The molecule has 3 N–H and O–H groups in total. The van der Waals surface area contributed by atoms with Crippen molar-refractivity contribution in [1.82, 2.24) is 0 Å². The first-order chi connectivity index (χ1) is 6.02. The molecule has 0 aliphatic heterocycles. The number of carbonyl (C=O) groups is 1. The topological polar surface area (TPSA) is 63.3 Å². The van der Waals surface area contributed by atoms with E-state index in [9.17, 15) is 9.90 Å². The fraction of sp³-hybridized carbons (Fsp3) is 0.300. The second-order valence-corrected chi connectivity index (χ2v) is 3.29. The maximum atomic E-state index is 11.0. The van der Waals surface area contributed by atoms with E-state index in [2.05, 4.69) is 0 Å². The Morgan fingerprint density at radius 3 is 2.54 bits per heavy atom. The summed E-state index contributed by atoms with van der Waals surface area (Å²) in [6, 6.07) is 4.59. The van der Waals surface area contributed by atoms with E-state index in [0.717, 1.165) is 5.56 Å². The van der Waals surface area contributed by atoms with Gasteiger partial charge in [-0.3, -0.25) is 4.79 Å². The number of hydrogen-bond acceptors (Lipinski definition) is 2. The van der Waals surface area contributed by atoms with Gasteiger partial charge in [0.2, 0.25) is 5.91 Å². The third kappa shape index (κ3) is 1.99. The van der Waals surface area contributed by atoms with Gasteiger partial charge < -0.3 is 10.8 Å². The van der Waals surface area contributed by atoms with Gasteiger partial charge >= 0.3 is 0 Å². The van der Waals surface area contributed by atoms with Crippen LogP contribution in [0.15, 0.2) is 18.2 Å². The Labute approximate surface area is 77.2 Å². The fourth-order valence-corrected chi connectivity index (χ4v) is 1.25. The molecule has 0 aliphatic rings. The lowest BCUT2D eigenvalue weighted by atomic mass is 9.96. The van der Waals surface area contributed by atoms with Crippen molar-refractivity contribution in [2.75, 3.05) is 0 Å². The van der Waals surface area contributed by atoms with Gasteiger partial charge in [-0.1, -0.05) is 13.8 Å². The van der Waals surface area contributed by atoms with E-state index in [-0.39, 0.29) is 11.7 Å². The Morgan fingerprint density at radius 2 is 2.08 bits per heavy atom. The molecule has 1 aromatic carbocycles. The Morgan fingerprint density at radius 1 is 1.46 bits per heavy atom. The van der Waals surface area contributed by atoms with Crippen LogP contribution in [0.5, 0.6) is 5.75 Å². The van der Waals surface area contributed by atoms with Crippen molar-refractivity contribution >= 4 is 5.91 Å². The molecule has 0 aliphatic carbocycles. The molecule has 1 amide bonds. The van der Waals surface area contributed by atoms with Crippen LogP contribution in [0.4, 0.5) is 0 Å². The summed E-state index contributed by atoms with van der Waals surface area (Å²) in [5.74, 6) is -0.119. The maximum absolute atomic E-state index is 11.0. The van der Waals surface area contributed by atoms with Crippen molar-refractivity contribution in [2.24, 2.45) is 5.73 Å². The van der Waals surface area contributed by atoms with Gasteiger partial charge in [-0.05, 0) is 29.7 Å². The molecule has 0 aromatic heterocycles. The lowest BCUT2D eigenvalue weighted by Gasteiger charge is -2.10. The van der Waals surface area contributed by atoms with Gasteiger partial charge in [0.1, 0.15) is 5.75 Å². The summed E-state index contributed by atoms with van der Waals surface area (Å²) in [7, 11) is 0. The molecule has 0 atom stereocenters. The maximum Gasteiger partial charge on any atom is 0.248 e. The molecular weight excluding hydrogens is 166 g/mol. The Hall–Kier alpha value is -1.51. The third-order valence-corrected chi connectivity index (χ3v) is 1.92. The van der Waals surface area contributed by atoms with Crippen LogP contribution in [-0.4, -0.2) is 11.0 Å². The Bertz CT molecular complexity index is 332. The largest absolute Gasteiger partial charge is 0.508 e. The minimum atomic E-state index is -0.455. The molecule has 0 spiro atoms. The summed E-state index contributed by atoms with van der Waals surface area (Å²) < 4.78 is 0. The number of nitrogens with two attached hydrogens (primary N) is 1. The second kappa shape index (κ2) is 3.47.